The van der Waals surface area contributed by atoms with Crippen LogP contribution in [0.5, 0.6) is 0 Å². The summed E-state index contributed by atoms with van der Waals surface area (Å²) in [5, 5.41) is 46.9. The standard InChI is InChI=1S/C7H12O6.Na/c8-3-1-7(13,6(11)12)2-4(9)5(3)10;/h3-5,8-10,13H,1-2H2,(H,11,12);/q;+1/p-1/t3-,4?,5?,7?;/m1./s1. The van der Waals surface area contributed by atoms with Gasteiger partial charge in [-0.3, -0.25) is 0 Å². The normalized spacial score (nSPS) is 42.7. The van der Waals surface area contributed by atoms with Crippen LogP contribution in [0.3, 0.4) is 0 Å². The molecule has 0 spiro atoms. The Morgan fingerprint density at radius 1 is 1.21 bits per heavy atom. The van der Waals surface area contributed by atoms with Crippen LogP contribution in [0, 0.1) is 0 Å². The molecule has 0 bridgehead atoms. The van der Waals surface area contributed by atoms with Gasteiger partial charge in [-0.2, -0.15) is 0 Å². The van der Waals surface area contributed by atoms with Gasteiger partial charge < -0.3 is 30.3 Å². The van der Waals surface area contributed by atoms with Crippen molar-refractivity contribution < 1.29 is 59.9 Å². The molecule has 14 heavy (non-hydrogen) atoms. The summed E-state index contributed by atoms with van der Waals surface area (Å²) in [5.41, 5.74) is -2.25. The largest absolute Gasteiger partial charge is 1.00 e. The van der Waals surface area contributed by atoms with Crippen molar-refractivity contribution in [2.45, 2.75) is 36.8 Å². The zero-order valence-corrected chi connectivity index (χ0v) is 9.75. The number of hydrogen-bond acceptors (Lipinski definition) is 6. The second kappa shape index (κ2) is 4.89. The fourth-order valence-corrected chi connectivity index (χ4v) is 1.44. The molecular formula is C7H11NaO6. The van der Waals surface area contributed by atoms with E-state index in [0.29, 0.717) is 0 Å². The molecule has 0 aromatic heterocycles. The van der Waals surface area contributed by atoms with Gasteiger partial charge in [0.15, 0.2) is 0 Å². The molecule has 0 saturated heterocycles. The van der Waals surface area contributed by atoms with E-state index in [0.717, 1.165) is 0 Å². The van der Waals surface area contributed by atoms with E-state index in [1.54, 1.807) is 0 Å². The molecule has 7 heteroatoms. The quantitative estimate of drug-likeness (QED) is 0.322. The van der Waals surface area contributed by atoms with Crippen molar-refractivity contribution in [2.24, 2.45) is 0 Å². The van der Waals surface area contributed by atoms with E-state index in [1.807, 2.05) is 0 Å². The predicted molar refractivity (Wildman–Crippen MR) is 37.2 cm³/mol. The maximum Gasteiger partial charge on any atom is 1.00 e. The fraction of sp³-hybridized carbons (Fsp3) is 0.857. The first kappa shape index (κ1) is 14.3. The summed E-state index contributed by atoms with van der Waals surface area (Å²) in [4.78, 5) is 10.4. The summed E-state index contributed by atoms with van der Waals surface area (Å²) >= 11 is 0. The van der Waals surface area contributed by atoms with Crippen LogP contribution in [0.25, 0.3) is 0 Å². The van der Waals surface area contributed by atoms with Gasteiger partial charge in [-0.1, -0.05) is 0 Å². The Morgan fingerprint density at radius 2 is 1.57 bits per heavy atom. The van der Waals surface area contributed by atoms with Gasteiger partial charge in [0.25, 0.3) is 0 Å². The summed E-state index contributed by atoms with van der Waals surface area (Å²) in [7, 11) is 0. The van der Waals surface area contributed by atoms with Gasteiger partial charge in [-0.25, -0.2) is 0 Å². The van der Waals surface area contributed by atoms with Gasteiger partial charge >= 0.3 is 29.6 Å². The summed E-state index contributed by atoms with van der Waals surface area (Å²) in [6.45, 7) is 0. The van der Waals surface area contributed by atoms with E-state index >= 15 is 0 Å². The first-order valence-electron chi connectivity index (χ1n) is 3.85. The number of aliphatic hydroxyl groups excluding tert-OH is 3. The van der Waals surface area contributed by atoms with E-state index in [2.05, 4.69) is 0 Å². The Labute approximate surface area is 102 Å². The minimum absolute atomic E-state index is 0. The van der Waals surface area contributed by atoms with Crippen LogP contribution in [-0.4, -0.2) is 50.3 Å². The van der Waals surface area contributed by atoms with Gasteiger partial charge in [0, 0.05) is 12.8 Å². The summed E-state index contributed by atoms with van der Waals surface area (Å²) in [5.74, 6) is -1.75. The number of carboxylic acids is 1. The van der Waals surface area contributed by atoms with Crippen molar-refractivity contribution in [3.63, 3.8) is 0 Å². The van der Waals surface area contributed by atoms with Crippen LogP contribution in [0.2, 0.25) is 0 Å². The Bertz CT molecular complexity index is 208. The SMILES string of the molecule is O=C([O-])C1(O)CC(O)C(O)[C@H](O)C1.[Na+]. The van der Waals surface area contributed by atoms with Crippen molar-refractivity contribution in [2.75, 3.05) is 0 Å². The Kier molecular flexibility index (Phi) is 5.00. The topological polar surface area (TPSA) is 121 Å². The van der Waals surface area contributed by atoms with Gasteiger partial charge in [0.1, 0.15) is 11.7 Å². The van der Waals surface area contributed by atoms with Crippen LogP contribution in [0.15, 0.2) is 0 Å². The number of carbonyl (C=O) groups is 1. The molecule has 3 unspecified atom stereocenters. The van der Waals surface area contributed by atoms with Crippen molar-refractivity contribution in [3.8, 4) is 0 Å². The molecule has 1 aliphatic rings. The van der Waals surface area contributed by atoms with Crippen molar-refractivity contribution >= 4 is 5.97 Å². The van der Waals surface area contributed by atoms with Gasteiger partial charge in [-0.15, -0.1) is 0 Å². The molecule has 0 radical (unpaired) electrons. The number of hydrogen-bond donors (Lipinski definition) is 4. The summed E-state index contributed by atoms with van der Waals surface area (Å²) in [6.07, 6.45) is -5.39. The Hall–Kier alpha value is 0.310. The molecule has 0 aliphatic heterocycles. The molecule has 0 aromatic carbocycles. The van der Waals surface area contributed by atoms with Crippen molar-refractivity contribution in [1.29, 1.82) is 0 Å². The fourth-order valence-electron chi connectivity index (χ4n) is 1.44. The Morgan fingerprint density at radius 3 is 1.86 bits per heavy atom. The van der Waals surface area contributed by atoms with Crippen LogP contribution in [0.4, 0.5) is 0 Å². The smallest absolute Gasteiger partial charge is 0.547 e. The minimum atomic E-state index is -2.25. The first-order valence-corrected chi connectivity index (χ1v) is 3.85. The molecule has 1 aliphatic carbocycles. The zero-order chi connectivity index (χ0) is 10.2. The summed E-state index contributed by atoms with van der Waals surface area (Å²) in [6, 6.07) is 0. The van der Waals surface area contributed by atoms with E-state index in [-0.39, 0.29) is 29.6 Å². The van der Waals surface area contributed by atoms with Gasteiger partial charge in [0.2, 0.25) is 0 Å². The molecule has 1 rings (SSSR count). The minimum Gasteiger partial charge on any atom is -0.547 e. The molecule has 1 saturated carbocycles. The van der Waals surface area contributed by atoms with E-state index in [1.165, 1.54) is 0 Å². The molecule has 0 amide bonds. The third-order valence-corrected chi connectivity index (χ3v) is 2.26. The van der Waals surface area contributed by atoms with Gasteiger partial charge in [-0.05, 0) is 0 Å². The summed E-state index contributed by atoms with van der Waals surface area (Å²) < 4.78 is 0. The van der Waals surface area contributed by atoms with Crippen molar-refractivity contribution in [3.05, 3.63) is 0 Å². The molecule has 1 fully saturated rings. The first-order chi connectivity index (χ1) is 5.87. The molecule has 0 aromatic rings. The van der Waals surface area contributed by atoms with E-state index < -0.39 is 42.7 Å². The second-order valence-corrected chi connectivity index (χ2v) is 3.35. The maximum absolute atomic E-state index is 10.4. The maximum atomic E-state index is 10.4. The van der Waals surface area contributed by atoms with Crippen LogP contribution >= 0.6 is 0 Å². The Balaban J connectivity index is 0.00000169. The molecular weight excluding hydrogens is 203 g/mol. The van der Waals surface area contributed by atoms with Crippen LogP contribution in [0.1, 0.15) is 12.8 Å². The van der Waals surface area contributed by atoms with E-state index in [9.17, 15) is 15.0 Å². The average Bonchev–Trinajstić information content (AvgIpc) is 2.00. The van der Waals surface area contributed by atoms with E-state index in [4.69, 9.17) is 15.3 Å². The third kappa shape index (κ3) is 2.66. The molecule has 76 valence electrons. The molecule has 4 atom stereocenters. The number of aliphatic carboxylic acids is 1. The molecule has 6 nitrogen and oxygen atoms in total. The van der Waals surface area contributed by atoms with Crippen LogP contribution in [-0.2, 0) is 4.79 Å². The third-order valence-electron chi connectivity index (χ3n) is 2.26. The second-order valence-electron chi connectivity index (χ2n) is 3.35. The van der Waals surface area contributed by atoms with Crippen molar-refractivity contribution in [1.82, 2.24) is 0 Å². The predicted octanol–water partition coefficient (Wildman–Crippen LogP) is -6.65. The average molecular weight is 214 g/mol. The number of rotatable bonds is 1. The van der Waals surface area contributed by atoms with Crippen LogP contribution < -0.4 is 34.7 Å². The number of carbonyl (C=O) groups excluding carboxylic acids is 1. The molecule has 4 N–H and O–H groups in total. The monoisotopic (exact) mass is 214 g/mol. The van der Waals surface area contributed by atoms with Gasteiger partial charge in [0.05, 0.1) is 18.2 Å². The molecule has 0 heterocycles. The number of aliphatic hydroxyl groups is 4. The number of carboxylic acid groups (broad SMARTS) is 1. The zero-order valence-electron chi connectivity index (χ0n) is 7.75.